The van der Waals surface area contributed by atoms with Gasteiger partial charge in [0.15, 0.2) is 5.82 Å². The van der Waals surface area contributed by atoms with E-state index < -0.39 is 0 Å². The first-order valence-electron chi connectivity index (χ1n) is 9.58. The van der Waals surface area contributed by atoms with Crippen LogP contribution in [0.3, 0.4) is 0 Å². The molecule has 7 heteroatoms. The predicted octanol–water partition coefficient (Wildman–Crippen LogP) is 3.21. The first kappa shape index (κ1) is 18.4. The molecule has 0 radical (unpaired) electrons. The van der Waals surface area contributed by atoms with Gasteiger partial charge in [-0.1, -0.05) is 18.2 Å². The van der Waals surface area contributed by atoms with Crippen LogP contribution < -0.4 is 5.32 Å². The number of aryl methyl sites for hydroxylation is 2. The highest BCUT2D eigenvalue weighted by molar-refractivity contribution is 5.89. The number of urea groups is 1. The third-order valence-electron chi connectivity index (χ3n) is 5.37. The van der Waals surface area contributed by atoms with Gasteiger partial charge in [-0.25, -0.2) is 9.78 Å². The topological polar surface area (TPSA) is 66.3 Å². The second-order valence-electron chi connectivity index (χ2n) is 7.68. The van der Waals surface area contributed by atoms with Crippen LogP contribution in [-0.4, -0.2) is 63.8 Å². The molecule has 3 heterocycles. The van der Waals surface area contributed by atoms with Crippen molar-refractivity contribution in [2.24, 2.45) is 0 Å². The number of rotatable bonds is 3. The van der Waals surface area contributed by atoms with Gasteiger partial charge in [0.25, 0.3) is 0 Å². The lowest BCUT2D eigenvalue weighted by molar-refractivity contribution is 0.216. The maximum Gasteiger partial charge on any atom is 0.323 e. The first-order valence-corrected chi connectivity index (χ1v) is 9.58. The minimum atomic E-state index is -0.0944. The highest BCUT2D eigenvalue weighted by Crippen LogP contribution is 2.23. The molecule has 0 aliphatic carbocycles. The molecule has 0 bridgehead atoms. The standard InChI is InChI=1S/C21H26N6O/c1-14-11-19(22-18-8-6-5-7-17(14)18)27-20(12-15(2)24-27)23-21(28)26-10-9-16(13-26)25(3)4/h5-8,11-12,16H,9-10,13H2,1-4H3,(H,23,28). The van der Waals surface area contributed by atoms with Crippen molar-refractivity contribution in [3.63, 3.8) is 0 Å². The summed E-state index contributed by atoms with van der Waals surface area (Å²) in [5.74, 6) is 1.34. The van der Waals surface area contributed by atoms with E-state index in [1.54, 1.807) is 4.68 Å². The van der Waals surface area contributed by atoms with Gasteiger partial charge >= 0.3 is 6.03 Å². The van der Waals surface area contributed by atoms with Crippen LogP contribution in [0, 0.1) is 13.8 Å². The zero-order valence-electron chi connectivity index (χ0n) is 16.8. The maximum atomic E-state index is 12.8. The van der Waals surface area contributed by atoms with Crippen LogP contribution in [0.2, 0.25) is 0 Å². The van der Waals surface area contributed by atoms with Gasteiger partial charge in [0, 0.05) is 30.6 Å². The molecule has 4 rings (SSSR count). The second-order valence-corrected chi connectivity index (χ2v) is 7.68. The molecule has 2 aromatic heterocycles. The monoisotopic (exact) mass is 378 g/mol. The average molecular weight is 378 g/mol. The molecule has 1 aromatic carbocycles. The van der Waals surface area contributed by atoms with E-state index in [1.165, 1.54) is 0 Å². The highest BCUT2D eigenvalue weighted by atomic mass is 16.2. The van der Waals surface area contributed by atoms with Gasteiger partial charge < -0.3 is 9.80 Å². The van der Waals surface area contributed by atoms with Crippen LogP contribution in [0.25, 0.3) is 16.7 Å². The summed E-state index contributed by atoms with van der Waals surface area (Å²) in [4.78, 5) is 21.6. The van der Waals surface area contributed by atoms with Crippen LogP contribution >= 0.6 is 0 Å². The van der Waals surface area contributed by atoms with E-state index >= 15 is 0 Å². The van der Waals surface area contributed by atoms with Crippen LogP contribution in [0.15, 0.2) is 36.4 Å². The third kappa shape index (κ3) is 3.45. The Labute approximate surface area is 165 Å². The van der Waals surface area contributed by atoms with Crippen molar-refractivity contribution in [3.8, 4) is 5.82 Å². The third-order valence-corrected chi connectivity index (χ3v) is 5.37. The van der Waals surface area contributed by atoms with Crippen molar-refractivity contribution in [1.29, 1.82) is 0 Å². The molecule has 1 N–H and O–H groups in total. The van der Waals surface area contributed by atoms with Crippen molar-refractivity contribution in [1.82, 2.24) is 24.6 Å². The van der Waals surface area contributed by atoms with Gasteiger partial charge in [-0.2, -0.15) is 9.78 Å². The van der Waals surface area contributed by atoms with Gasteiger partial charge in [0.2, 0.25) is 0 Å². The molecule has 7 nitrogen and oxygen atoms in total. The number of hydrogen-bond acceptors (Lipinski definition) is 4. The van der Waals surface area contributed by atoms with E-state index in [4.69, 9.17) is 4.98 Å². The highest BCUT2D eigenvalue weighted by Gasteiger charge is 2.28. The maximum absolute atomic E-state index is 12.8. The van der Waals surface area contributed by atoms with Crippen molar-refractivity contribution in [3.05, 3.63) is 47.7 Å². The Hall–Kier alpha value is -2.93. The summed E-state index contributed by atoms with van der Waals surface area (Å²) >= 11 is 0. The summed E-state index contributed by atoms with van der Waals surface area (Å²) in [6.07, 6.45) is 0.990. The molecular weight excluding hydrogens is 352 g/mol. The molecular formula is C21H26N6O. The molecule has 0 saturated carbocycles. The Balaban J connectivity index is 1.62. The van der Waals surface area contributed by atoms with Crippen molar-refractivity contribution >= 4 is 22.8 Å². The number of carbonyl (C=O) groups excluding carboxylic acids is 1. The quantitative estimate of drug-likeness (QED) is 0.760. The number of anilines is 1. The average Bonchev–Trinajstić information content (AvgIpc) is 3.29. The van der Waals surface area contributed by atoms with E-state index in [9.17, 15) is 4.79 Å². The lowest BCUT2D eigenvalue weighted by Gasteiger charge is -2.21. The summed E-state index contributed by atoms with van der Waals surface area (Å²) in [6, 6.07) is 12.2. The smallest absolute Gasteiger partial charge is 0.323 e. The predicted molar refractivity (Wildman–Crippen MR) is 111 cm³/mol. The number of likely N-dealkylation sites (tertiary alicyclic amines) is 1. The molecule has 1 unspecified atom stereocenters. The van der Waals surface area contributed by atoms with Crippen LogP contribution in [-0.2, 0) is 0 Å². The van der Waals surface area contributed by atoms with Gasteiger partial charge in [0.1, 0.15) is 5.82 Å². The molecule has 28 heavy (non-hydrogen) atoms. The van der Waals surface area contributed by atoms with Crippen molar-refractivity contribution in [2.45, 2.75) is 26.3 Å². The first-order chi connectivity index (χ1) is 13.4. The lowest BCUT2D eigenvalue weighted by atomic mass is 10.1. The number of para-hydroxylation sites is 1. The fraction of sp³-hybridized carbons (Fsp3) is 0.381. The van der Waals surface area contributed by atoms with Gasteiger partial charge in [-0.05, 0) is 52.1 Å². The number of amides is 2. The number of nitrogens with zero attached hydrogens (tertiary/aromatic N) is 5. The van der Waals surface area contributed by atoms with Crippen LogP contribution in [0.4, 0.5) is 10.6 Å². The molecule has 0 spiro atoms. The number of fused-ring (bicyclic) bond motifs is 1. The van der Waals surface area contributed by atoms with E-state index in [2.05, 4.69) is 42.4 Å². The molecule has 3 aromatic rings. The summed E-state index contributed by atoms with van der Waals surface area (Å²) in [5.41, 5.74) is 2.87. The Morgan fingerprint density at radius 3 is 2.75 bits per heavy atom. The van der Waals surface area contributed by atoms with Crippen molar-refractivity contribution in [2.75, 3.05) is 32.5 Å². The normalized spacial score (nSPS) is 16.9. The fourth-order valence-corrected chi connectivity index (χ4v) is 3.74. The van der Waals surface area contributed by atoms with Gasteiger partial charge in [-0.15, -0.1) is 0 Å². The second kappa shape index (κ2) is 7.24. The van der Waals surface area contributed by atoms with Crippen LogP contribution in [0.1, 0.15) is 17.7 Å². The number of aromatic nitrogens is 3. The Kier molecular flexibility index (Phi) is 4.77. The molecule has 1 aliphatic rings. The largest absolute Gasteiger partial charge is 0.323 e. The summed E-state index contributed by atoms with van der Waals surface area (Å²) < 4.78 is 1.71. The van der Waals surface area contributed by atoms with Crippen molar-refractivity contribution < 1.29 is 4.79 Å². The van der Waals surface area contributed by atoms with E-state index in [0.717, 1.165) is 41.7 Å². The van der Waals surface area contributed by atoms with E-state index in [0.29, 0.717) is 17.7 Å². The Morgan fingerprint density at radius 2 is 2.00 bits per heavy atom. The Morgan fingerprint density at radius 1 is 1.21 bits per heavy atom. The number of hydrogen-bond donors (Lipinski definition) is 1. The molecule has 2 amide bonds. The molecule has 1 fully saturated rings. The minimum Gasteiger partial charge on any atom is -0.323 e. The van der Waals surface area contributed by atoms with E-state index in [-0.39, 0.29) is 6.03 Å². The lowest BCUT2D eigenvalue weighted by Crippen LogP contribution is -2.37. The number of carbonyl (C=O) groups is 1. The Bertz CT molecular complexity index is 1020. The molecule has 1 aliphatic heterocycles. The fourth-order valence-electron chi connectivity index (χ4n) is 3.74. The molecule has 146 valence electrons. The zero-order valence-corrected chi connectivity index (χ0v) is 16.8. The van der Waals surface area contributed by atoms with E-state index in [1.807, 2.05) is 42.2 Å². The number of nitrogens with one attached hydrogen (secondary N) is 1. The zero-order chi connectivity index (χ0) is 19.8. The summed E-state index contributed by atoms with van der Waals surface area (Å²) in [7, 11) is 4.11. The number of benzene rings is 1. The summed E-state index contributed by atoms with van der Waals surface area (Å²) in [5, 5.41) is 8.71. The number of pyridine rings is 1. The molecule has 1 saturated heterocycles. The van der Waals surface area contributed by atoms with Crippen LogP contribution in [0.5, 0.6) is 0 Å². The SMILES string of the molecule is Cc1cc(NC(=O)N2CCC(N(C)C)C2)n(-c2cc(C)c3ccccc3n2)n1. The molecule has 1 atom stereocenters. The van der Waals surface area contributed by atoms with Gasteiger partial charge in [-0.3, -0.25) is 5.32 Å². The minimum absolute atomic E-state index is 0.0944. The number of likely N-dealkylation sites (N-methyl/N-ethyl adjacent to an activating group) is 1. The van der Waals surface area contributed by atoms with Gasteiger partial charge in [0.05, 0.1) is 11.2 Å². The summed E-state index contributed by atoms with van der Waals surface area (Å²) in [6.45, 7) is 5.47.